The van der Waals surface area contributed by atoms with Gasteiger partial charge in [-0.15, -0.1) is 0 Å². The van der Waals surface area contributed by atoms with E-state index >= 15 is 0 Å². The second-order valence-electron chi connectivity index (χ2n) is 5.03. The lowest BCUT2D eigenvalue weighted by molar-refractivity contribution is -0.116. The van der Waals surface area contributed by atoms with Gasteiger partial charge in [-0.25, -0.2) is 0 Å². The Hall–Kier alpha value is -2.37. The number of hydrogen-bond donors (Lipinski definition) is 1. The smallest absolute Gasteiger partial charge is 0.224 e. The van der Waals surface area contributed by atoms with Crippen molar-refractivity contribution >= 4 is 11.6 Å². The van der Waals surface area contributed by atoms with Crippen LogP contribution in [0.3, 0.4) is 0 Å². The Morgan fingerprint density at radius 1 is 1.33 bits per heavy atom. The van der Waals surface area contributed by atoms with Crippen molar-refractivity contribution in [1.82, 2.24) is 4.90 Å². The summed E-state index contributed by atoms with van der Waals surface area (Å²) in [6, 6.07) is 11.2. The number of carbonyl (C=O) groups is 1. The van der Waals surface area contributed by atoms with E-state index in [0.29, 0.717) is 24.1 Å². The second-order valence-corrected chi connectivity index (χ2v) is 5.03. The zero-order chi connectivity index (χ0) is 15.7. The molecule has 1 amide bonds. The lowest BCUT2D eigenvalue weighted by Gasteiger charge is -2.22. The van der Waals surface area contributed by atoms with Gasteiger partial charge in [0.1, 0.15) is 0 Å². The molecule has 1 rings (SSSR count). The first-order valence-electron chi connectivity index (χ1n) is 6.94. The van der Waals surface area contributed by atoms with Crippen molar-refractivity contribution in [2.75, 3.05) is 18.9 Å². The summed E-state index contributed by atoms with van der Waals surface area (Å²) in [6.45, 7) is 2.78. The minimum atomic E-state index is -0.0407. The molecule has 0 saturated heterocycles. The van der Waals surface area contributed by atoms with Crippen molar-refractivity contribution in [3.05, 3.63) is 29.8 Å². The first-order chi connectivity index (χ1) is 10.1. The maximum Gasteiger partial charge on any atom is 0.224 e. The van der Waals surface area contributed by atoms with Gasteiger partial charge in [0.2, 0.25) is 5.91 Å². The summed E-state index contributed by atoms with van der Waals surface area (Å²) in [5, 5.41) is 20.1. The first kappa shape index (κ1) is 16.7. The number of nitrogens with zero attached hydrogens (tertiary/aromatic N) is 3. The van der Waals surface area contributed by atoms with Crippen LogP contribution in [0.15, 0.2) is 24.3 Å². The van der Waals surface area contributed by atoms with E-state index in [-0.39, 0.29) is 11.9 Å². The van der Waals surface area contributed by atoms with E-state index in [4.69, 9.17) is 10.5 Å². The largest absolute Gasteiger partial charge is 0.326 e. The van der Waals surface area contributed by atoms with Crippen LogP contribution in [-0.2, 0) is 4.79 Å². The Kier molecular flexibility index (Phi) is 6.94. The van der Waals surface area contributed by atoms with Gasteiger partial charge >= 0.3 is 0 Å². The van der Waals surface area contributed by atoms with E-state index in [1.54, 1.807) is 24.3 Å². The fourth-order valence-electron chi connectivity index (χ4n) is 1.85. The quantitative estimate of drug-likeness (QED) is 0.834. The van der Waals surface area contributed by atoms with Crippen LogP contribution < -0.4 is 5.32 Å². The molecule has 0 radical (unpaired) electrons. The van der Waals surface area contributed by atoms with Crippen LogP contribution in [0.4, 0.5) is 5.69 Å². The molecule has 0 aromatic heterocycles. The second kappa shape index (κ2) is 8.73. The summed E-state index contributed by atoms with van der Waals surface area (Å²) < 4.78 is 0. The van der Waals surface area contributed by atoms with Crippen LogP contribution in [0.25, 0.3) is 0 Å². The normalized spacial score (nSPS) is 11.5. The molecule has 1 aromatic rings. The fraction of sp³-hybridized carbons (Fsp3) is 0.438. The molecule has 21 heavy (non-hydrogen) atoms. The maximum atomic E-state index is 11.8. The molecule has 5 heteroatoms. The SMILES string of the molecule is CC(CC#N)N(C)CCCC(=O)Nc1ccc(C#N)cc1. The standard InChI is InChI=1S/C16H20N4O/c1-13(9-10-17)20(2)11-3-4-16(21)19-15-7-5-14(12-18)6-8-15/h5-8,13H,3-4,9,11H2,1-2H3,(H,19,21). The molecule has 0 bridgehead atoms. The number of nitriles is 2. The fourth-order valence-corrected chi connectivity index (χ4v) is 1.85. The van der Waals surface area contributed by atoms with Gasteiger partial charge in [0, 0.05) is 18.2 Å². The minimum absolute atomic E-state index is 0.0407. The molecule has 0 heterocycles. The monoisotopic (exact) mass is 284 g/mol. The highest BCUT2D eigenvalue weighted by molar-refractivity contribution is 5.90. The summed E-state index contributed by atoms with van der Waals surface area (Å²) in [7, 11) is 1.96. The van der Waals surface area contributed by atoms with Gasteiger partial charge in [-0.1, -0.05) is 0 Å². The predicted octanol–water partition coefficient (Wildman–Crippen LogP) is 2.51. The highest BCUT2D eigenvalue weighted by Gasteiger charge is 2.09. The highest BCUT2D eigenvalue weighted by atomic mass is 16.1. The van der Waals surface area contributed by atoms with Crippen LogP contribution in [0.1, 0.15) is 31.7 Å². The number of benzene rings is 1. The number of anilines is 1. The van der Waals surface area contributed by atoms with Gasteiger partial charge in [-0.05, 0) is 51.2 Å². The van der Waals surface area contributed by atoms with Gasteiger partial charge in [-0.2, -0.15) is 10.5 Å². The number of nitrogens with one attached hydrogen (secondary N) is 1. The van der Waals surface area contributed by atoms with Crippen molar-refractivity contribution in [2.24, 2.45) is 0 Å². The van der Waals surface area contributed by atoms with Gasteiger partial charge in [-0.3, -0.25) is 4.79 Å². The van der Waals surface area contributed by atoms with Crippen molar-refractivity contribution in [1.29, 1.82) is 10.5 Å². The van der Waals surface area contributed by atoms with E-state index < -0.39 is 0 Å². The molecule has 0 aliphatic carbocycles. The average molecular weight is 284 g/mol. The number of carbonyl (C=O) groups excluding carboxylic acids is 1. The first-order valence-corrected chi connectivity index (χ1v) is 6.94. The van der Waals surface area contributed by atoms with E-state index in [9.17, 15) is 4.79 Å². The van der Waals surface area contributed by atoms with Gasteiger partial charge in [0.05, 0.1) is 24.1 Å². The zero-order valence-corrected chi connectivity index (χ0v) is 12.5. The topological polar surface area (TPSA) is 79.9 Å². The highest BCUT2D eigenvalue weighted by Crippen LogP contribution is 2.10. The minimum Gasteiger partial charge on any atom is -0.326 e. The number of rotatable bonds is 7. The van der Waals surface area contributed by atoms with Gasteiger partial charge in [0.15, 0.2) is 0 Å². The molecule has 5 nitrogen and oxygen atoms in total. The molecular formula is C16H20N4O. The molecular weight excluding hydrogens is 264 g/mol. The van der Waals surface area contributed by atoms with Crippen LogP contribution in [0, 0.1) is 22.7 Å². The predicted molar refractivity (Wildman–Crippen MR) is 81.3 cm³/mol. The molecule has 0 saturated carbocycles. The summed E-state index contributed by atoms with van der Waals surface area (Å²) >= 11 is 0. The molecule has 1 aromatic carbocycles. The lowest BCUT2D eigenvalue weighted by atomic mass is 10.2. The molecule has 0 fully saturated rings. The van der Waals surface area contributed by atoms with E-state index in [1.807, 2.05) is 20.0 Å². The van der Waals surface area contributed by atoms with Crippen molar-refractivity contribution in [3.63, 3.8) is 0 Å². The molecule has 0 aliphatic heterocycles. The molecule has 1 atom stereocenters. The Bertz CT molecular complexity index is 539. The van der Waals surface area contributed by atoms with Gasteiger partial charge < -0.3 is 10.2 Å². The maximum absolute atomic E-state index is 11.8. The molecule has 1 N–H and O–H groups in total. The van der Waals surface area contributed by atoms with Crippen LogP contribution in [0.2, 0.25) is 0 Å². The Balaban J connectivity index is 2.31. The van der Waals surface area contributed by atoms with E-state index in [2.05, 4.69) is 16.3 Å². The Morgan fingerprint density at radius 2 is 2.00 bits per heavy atom. The van der Waals surface area contributed by atoms with Crippen LogP contribution in [0.5, 0.6) is 0 Å². The number of hydrogen-bond acceptors (Lipinski definition) is 4. The molecule has 1 unspecified atom stereocenters. The summed E-state index contributed by atoms with van der Waals surface area (Å²) in [6.07, 6.45) is 1.67. The van der Waals surface area contributed by atoms with Crippen molar-refractivity contribution in [3.8, 4) is 12.1 Å². The molecule has 0 aliphatic rings. The van der Waals surface area contributed by atoms with E-state index in [1.165, 1.54) is 0 Å². The van der Waals surface area contributed by atoms with Gasteiger partial charge in [0.25, 0.3) is 0 Å². The Morgan fingerprint density at radius 3 is 2.57 bits per heavy atom. The van der Waals surface area contributed by atoms with Crippen molar-refractivity contribution < 1.29 is 4.79 Å². The van der Waals surface area contributed by atoms with Crippen molar-refractivity contribution in [2.45, 2.75) is 32.2 Å². The summed E-state index contributed by atoms with van der Waals surface area (Å²) in [5.74, 6) is -0.0407. The lowest BCUT2D eigenvalue weighted by Crippen LogP contribution is -2.30. The number of amides is 1. The van der Waals surface area contributed by atoms with E-state index in [0.717, 1.165) is 13.0 Å². The third-order valence-electron chi connectivity index (χ3n) is 3.35. The summed E-state index contributed by atoms with van der Waals surface area (Å²) in [5.41, 5.74) is 1.27. The summed E-state index contributed by atoms with van der Waals surface area (Å²) in [4.78, 5) is 13.9. The van der Waals surface area contributed by atoms with Crippen LogP contribution in [-0.4, -0.2) is 30.4 Å². The Labute approximate surface area is 125 Å². The molecule has 0 spiro atoms. The third-order valence-corrected chi connectivity index (χ3v) is 3.35. The molecule has 110 valence electrons. The zero-order valence-electron chi connectivity index (χ0n) is 12.5. The van der Waals surface area contributed by atoms with Crippen LogP contribution >= 0.6 is 0 Å². The third kappa shape index (κ3) is 6.07. The average Bonchev–Trinajstić information content (AvgIpc) is 2.48.